The summed E-state index contributed by atoms with van der Waals surface area (Å²) in [7, 11) is -0.542. The number of methoxy groups -OCH3 is 1. The fraction of sp³-hybridized carbons (Fsp3) is 0.565. The molecule has 0 unspecified atom stereocenters. The van der Waals surface area contributed by atoms with E-state index in [0.29, 0.717) is 29.9 Å². The van der Waals surface area contributed by atoms with Crippen molar-refractivity contribution in [3.63, 3.8) is 0 Å². The summed E-state index contributed by atoms with van der Waals surface area (Å²) in [5.74, 6) is -0.857. The third-order valence-corrected chi connectivity index (χ3v) is 10.3. The Kier molecular flexibility index (Phi) is 7.53. The minimum atomic E-state index is -1.75. The molecule has 6 nitrogen and oxygen atoms in total. The zero-order valence-corrected chi connectivity index (χ0v) is 20.5. The molecule has 166 valence electrons. The molecular formula is C23H35NO5Si. The number of esters is 1. The third-order valence-electron chi connectivity index (χ3n) is 5.80. The van der Waals surface area contributed by atoms with Gasteiger partial charge in [0.15, 0.2) is 8.32 Å². The number of Topliss-reactive ketones (excluding diaryl/α,β-unsaturated/α-hetero) is 1. The summed E-state index contributed by atoms with van der Waals surface area (Å²) in [5, 5.41) is 0.875. The highest BCUT2D eigenvalue weighted by molar-refractivity contribution is 6.74. The van der Waals surface area contributed by atoms with Crippen molar-refractivity contribution < 1.29 is 23.5 Å². The summed E-state index contributed by atoms with van der Waals surface area (Å²) in [5.41, 5.74) is 1.21. The summed E-state index contributed by atoms with van der Waals surface area (Å²) >= 11 is 0. The number of fused-ring (bicyclic) bond motifs is 1. The van der Waals surface area contributed by atoms with Crippen molar-refractivity contribution in [3.05, 3.63) is 30.0 Å². The molecule has 0 spiro atoms. The Hall–Kier alpha value is -2.12. The highest BCUT2D eigenvalue weighted by atomic mass is 28.4. The fourth-order valence-electron chi connectivity index (χ4n) is 2.93. The molecule has 0 aliphatic carbocycles. The number of aromatic nitrogens is 1. The molecule has 0 saturated heterocycles. The van der Waals surface area contributed by atoms with E-state index in [2.05, 4.69) is 38.6 Å². The van der Waals surface area contributed by atoms with Crippen molar-refractivity contribution in [2.24, 2.45) is 0 Å². The molecule has 7 heteroatoms. The van der Waals surface area contributed by atoms with E-state index >= 15 is 0 Å². The van der Waals surface area contributed by atoms with Crippen LogP contribution in [0.2, 0.25) is 18.1 Å². The molecule has 0 aliphatic rings. The van der Waals surface area contributed by atoms with Crippen LogP contribution >= 0.6 is 0 Å². The number of rotatable bonds is 9. The van der Waals surface area contributed by atoms with Crippen LogP contribution in [0.15, 0.2) is 24.4 Å². The fourth-order valence-corrected chi connectivity index (χ4v) is 4.02. The van der Waals surface area contributed by atoms with Crippen LogP contribution in [-0.2, 0) is 14.0 Å². The zero-order valence-electron chi connectivity index (χ0n) is 19.5. The van der Waals surface area contributed by atoms with Gasteiger partial charge in [0.1, 0.15) is 5.75 Å². The number of ketones is 1. The van der Waals surface area contributed by atoms with Gasteiger partial charge >= 0.3 is 5.97 Å². The van der Waals surface area contributed by atoms with Gasteiger partial charge in [-0.3, -0.25) is 4.79 Å². The molecule has 30 heavy (non-hydrogen) atoms. The Bertz CT molecular complexity index is 908. The van der Waals surface area contributed by atoms with Crippen molar-refractivity contribution >= 4 is 31.0 Å². The van der Waals surface area contributed by atoms with E-state index in [4.69, 9.17) is 9.16 Å². The van der Waals surface area contributed by atoms with E-state index in [-0.39, 0.29) is 11.1 Å². The van der Waals surface area contributed by atoms with Gasteiger partial charge in [0.2, 0.25) is 0 Å². The minimum absolute atomic E-state index is 0.144. The number of hydrogen-bond acceptors (Lipinski definition) is 5. The van der Waals surface area contributed by atoms with Gasteiger partial charge in [-0.15, -0.1) is 0 Å². The lowest BCUT2D eigenvalue weighted by molar-refractivity contribution is -0.135. The van der Waals surface area contributed by atoms with E-state index in [1.165, 1.54) is 7.11 Å². The Morgan fingerprint density at radius 1 is 1.13 bits per heavy atom. The molecule has 0 fully saturated rings. The lowest BCUT2D eigenvalue weighted by atomic mass is 10.1. The van der Waals surface area contributed by atoms with Gasteiger partial charge in [-0.25, -0.2) is 4.79 Å². The number of hydrogen-bond donors (Lipinski definition) is 0. The number of ether oxygens (including phenoxy) is 2. The molecule has 0 saturated carbocycles. The van der Waals surface area contributed by atoms with E-state index in [9.17, 15) is 9.59 Å². The van der Waals surface area contributed by atoms with Gasteiger partial charge in [0, 0.05) is 36.2 Å². The van der Waals surface area contributed by atoms with E-state index in [1.54, 1.807) is 6.20 Å². The van der Waals surface area contributed by atoms with Crippen LogP contribution in [0.25, 0.3) is 10.9 Å². The molecule has 2 aromatic rings. The molecule has 0 bridgehead atoms. The zero-order chi connectivity index (χ0) is 22.7. The van der Waals surface area contributed by atoms with Crippen LogP contribution in [0.5, 0.6) is 5.75 Å². The van der Waals surface area contributed by atoms with Gasteiger partial charge in [-0.05, 0) is 50.2 Å². The molecule has 1 aromatic carbocycles. The van der Waals surface area contributed by atoms with Crippen LogP contribution in [-0.4, -0.2) is 45.0 Å². The Morgan fingerprint density at radius 3 is 2.37 bits per heavy atom. The molecule has 0 atom stereocenters. The van der Waals surface area contributed by atoms with Gasteiger partial charge < -0.3 is 18.5 Å². The van der Waals surface area contributed by atoms with Crippen LogP contribution < -0.4 is 4.74 Å². The van der Waals surface area contributed by atoms with Crippen LogP contribution in [0, 0.1) is 0 Å². The first-order valence-corrected chi connectivity index (χ1v) is 13.3. The molecule has 1 heterocycles. The largest absolute Gasteiger partial charge is 0.493 e. The van der Waals surface area contributed by atoms with Crippen molar-refractivity contribution in [1.29, 1.82) is 0 Å². The maximum atomic E-state index is 12.5. The second-order valence-electron chi connectivity index (χ2n) is 9.35. The number of nitrogens with zero attached hydrogens (tertiary/aromatic N) is 1. The number of carbonyl (C=O) groups is 2. The lowest BCUT2D eigenvalue weighted by Crippen LogP contribution is -2.41. The Labute approximate surface area is 180 Å². The van der Waals surface area contributed by atoms with E-state index < -0.39 is 20.1 Å². The first-order chi connectivity index (χ1) is 13.9. The SMILES string of the molecule is COC(=O)C(=O)c1cn(C(C)C)c2ccc(OCCCO[Si](C)(C)C(C)(C)C)cc12. The highest BCUT2D eigenvalue weighted by Gasteiger charge is 2.36. The maximum absolute atomic E-state index is 12.5. The van der Waals surface area contributed by atoms with Crippen LogP contribution in [0.1, 0.15) is 57.4 Å². The van der Waals surface area contributed by atoms with Crippen molar-refractivity contribution in [2.75, 3.05) is 20.3 Å². The molecule has 0 aliphatic heterocycles. The summed E-state index contributed by atoms with van der Waals surface area (Å²) in [4.78, 5) is 24.3. The quantitative estimate of drug-likeness (QED) is 0.175. The number of benzene rings is 1. The molecule has 2 rings (SSSR count). The van der Waals surface area contributed by atoms with Gasteiger partial charge in [0.05, 0.1) is 19.3 Å². The highest BCUT2D eigenvalue weighted by Crippen LogP contribution is 2.36. The third kappa shape index (κ3) is 5.32. The topological polar surface area (TPSA) is 66.8 Å². The summed E-state index contributed by atoms with van der Waals surface area (Å²) in [6, 6.07) is 5.78. The molecular weight excluding hydrogens is 398 g/mol. The summed E-state index contributed by atoms with van der Waals surface area (Å²) in [6.45, 7) is 16.4. The minimum Gasteiger partial charge on any atom is -0.493 e. The predicted octanol–water partition coefficient (Wildman–Crippen LogP) is 5.37. The maximum Gasteiger partial charge on any atom is 0.379 e. The standard InChI is InChI=1S/C23H35NO5Si/c1-16(2)24-15-19(21(25)22(26)27-6)18-14-17(10-11-20(18)24)28-12-9-13-29-30(7,8)23(3,4)5/h10-11,14-16H,9,12-13H2,1-8H3. The first kappa shape index (κ1) is 24.1. The predicted molar refractivity (Wildman–Crippen MR) is 122 cm³/mol. The normalized spacial score (nSPS) is 12.4. The summed E-state index contributed by atoms with van der Waals surface area (Å²) in [6.07, 6.45) is 2.50. The average Bonchev–Trinajstić information content (AvgIpc) is 3.04. The lowest BCUT2D eigenvalue weighted by Gasteiger charge is -2.36. The molecule has 0 amide bonds. The van der Waals surface area contributed by atoms with Crippen LogP contribution in [0.3, 0.4) is 0 Å². The van der Waals surface area contributed by atoms with E-state index in [0.717, 1.165) is 11.9 Å². The smallest absolute Gasteiger partial charge is 0.379 e. The second kappa shape index (κ2) is 9.35. The van der Waals surface area contributed by atoms with Gasteiger partial charge in [-0.2, -0.15) is 0 Å². The van der Waals surface area contributed by atoms with Crippen molar-refractivity contribution in [2.45, 2.75) is 65.2 Å². The van der Waals surface area contributed by atoms with Crippen LogP contribution in [0.4, 0.5) is 0 Å². The second-order valence-corrected chi connectivity index (χ2v) is 14.2. The first-order valence-electron chi connectivity index (χ1n) is 10.4. The summed E-state index contributed by atoms with van der Waals surface area (Å²) < 4.78 is 18.7. The average molecular weight is 434 g/mol. The Balaban J connectivity index is 2.12. The number of carbonyl (C=O) groups excluding carboxylic acids is 2. The van der Waals surface area contributed by atoms with Gasteiger partial charge in [0.25, 0.3) is 5.78 Å². The molecule has 1 aromatic heterocycles. The van der Waals surface area contributed by atoms with Crippen molar-refractivity contribution in [1.82, 2.24) is 4.57 Å². The van der Waals surface area contributed by atoms with E-state index in [1.807, 2.05) is 36.6 Å². The molecule has 0 N–H and O–H groups in total. The molecule has 0 radical (unpaired) electrons. The Morgan fingerprint density at radius 2 is 1.80 bits per heavy atom. The van der Waals surface area contributed by atoms with Gasteiger partial charge in [-0.1, -0.05) is 20.8 Å². The van der Waals surface area contributed by atoms with Crippen molar-refractivity contribution in [3.8, 4) is 5.75 Å². The monoisotopic (exact) mass is 433 g/mol.